The molecular formula is C14H22ClN3. The molecule has 3 nitrogen and oxygen atoms in total. The molecule has 0 aliphatic heterocycles. The van der Waals surface area contributed by atoms with E-state index in [0.29, 0.717) is 5.88 Å². The van der Waals surface area contributed by atoms with E-state index in [1.807, 2.05) is 0 Å². The smallest absolute Gasteiger partial charge is 0.130 e. The molecule has 4 heteroatoms. The van der Waals surface area contributed by atoms with Crippen LogP contribution in [0.1, 0.15) is 51.1 Å². The largest absolute Gasteiger partial charge is 0.363 e. The minimum Gasteiger partial charge on any atom is -0.363 e. The van der Waals surface area contributed by atoms with Crippen molar-refractivity contribution in [1.29, 1.82) is 0 Å². The predicted octanol–water partition coefficient (Wildman–Crippen LogP) is 3.78. The SMILES string of the molecule is CCCc1cc(NC2(CCl)CCCCC2)ncn1. The summed E-state index contributed by atoms with van der Waals surface area (Å²) in [6.07, 6.45) is 9.89. The Bertz CT molecular complexity index is 375. The van der Waals surface area contributed by atoms with Crippen molar-refractivity contribution in [2.75, 3.05) is 11.2 Å². The van der Waals surface area contributed by atoms with Gasteiger partial charge in [-0.15, -0.1) is 11.6 Å². The van der Waals surface area contributed by atoms with Crippen molar-refractivity contribution in [3.05, 3.63) is 18.1 Å². The van der Waals surface area contributed by atoms with Crippen LogP contribution in [0.15, 0.2) is 12.4 Å². The third-order valence-electron chi connectivity index (χ3n) is 3.69. The Balaban J connectivity index is 2.08. The molecule has 1 aliphatic rings. The maximum Gasteiger partial charge on any atom is 0.130 e. The normalized spacial score (nSPS) is 18.6. The highest BCUT2D eigenvalue weighted by Crippen LogP contribution is 2.32. The van der Waals surface area contributed by atoms with Gasteiger partial charge in [-0.25, -0.2) is 9.97 Å². The number of anilines is 1. The summed E-state index contributed by atoms with van der Waals surface area (Å²) < 4.78 is 0. The molecule has 0 spiro atoms. The molecule has 1 fully saturated rings. The summed E-state index contributed by atoms with van der Waals surface area (Å²) in [5.41, 5.74) is 1.15. The van der Waals surface area contributed by atoms with Crippen molar-refractivity contribution < 1.29 is 0 Å². The Morgan fingerprint density at radius 3 is 2.72 bits per heavy atom. The Hall–Kier alpha value is -0.830. The Kier molecular flexibility index (Phi) is 4.81. The number of nitrogens with zero attached hydrogens (tertiary/aromatic N) is 2. The van der Waals surface area contributed by atoms with E-state index >= 15 is 0 Å². The lowest BCUT2D eigenvalue weighted by atomic mass is 9.83. The van der Waals surface area contributed by atoms with Crippen LogP contribution in [-0.4, -0.2) is 21.4 Å². The lowest BCUT2D eigenvalue weighted by Gasteiger charge is -2.37. The minimum absolute atomic E-state index is 0.0393. The van der Waals surface area contributed by atoms with Crippen LogP contribution < -0.4 is 5.32 Å². The van der Waals surface area contributed by atoms with Gasteiger partial charge in [0.05, 0.1) is 5.54 Å². The Morgan fingerprint density at radius 2 is 2.06 bits per heavy atom. The molecular weight excluding hydrogens is 246 g/mol. The summed E-state index contributed by atoms with van der Waals surface area (Å²) in [5, 5.41) is 3.56. The number of hydrogen-bond donors (Lipinski definition) is 1. The third kappa shape index (κ3) is 3.35. The topological polar surface area (TPSA) is 37.8 Å². The summed E-state index contributed by atoms with van der Waals surface area (Å²) in [7, 11) is 0. The molecule has 1 N–H and O–H groups in total. The van der Waals surface area contributed by atoms with E-state index in [1.54, 1.807) is 6.33 Å². The maximum absolute atomic E-state index is 6.18. The van der Waals surface area contributed by atoms with Crippen LogP contribution in [0, 0.1) is 0 Å². The van der Waals surface area contributed by atoms with Gasteiger partial charge in [0.1, 0.15) is 12.1 Å². The first kappa shape index (κ1) is 13.6. The summed E-state index contributed by atoms with van der Waals surface area (Å²) in [6, 6.07) is 2.06. The van der Waals surface area contributed by atoms with Gasteiger partial charge in [0.15, 0.2) is 0 Å². The van der Waals surface area contributed by atoms with Crippen LogP contribution in [0.5, 0.6) is 0 Å². The number of hydrogen-bond acceptors (Lipinski definition) is 3. The molecule has 1 aromatic heterocycles. The first-order valence-electron chi connectivity index (χ1n) is 6.93. The summed E-state index contributed by atoms with van der Waals surface area (Å²) in [5.74, 6) is 1.58. The lowest BCUT2D eigenvalue weighted by molar-refractivity contribution is 0.352. The third-order valence-corrected chi connectivity index (χ3v) is 4.20. The van der Waals surface area contributed by atoms with Gasteiger partial charge < -0.3 is 5.32 Å². The molecule has 0 aromatic carbocycles. The van der Waals surface area contributed by atoms with Crippen LogP contribution >= 0.6 is 11.6 Å². The second kappa shape index (κ2) is 6.37. The quantitative estimate of drug-likeness (QED) is 0.825. The van der Waals surface area contributed by atoms with E-state index in [2.05, 4.69) is 28.3 Å². The minimum atomic E-state index is 0.0393. The highest BCUT2D eigenvalue weighted by molar-refractivity contribution is 6.18. The molecule has 100 valence electrons. The van der Waals surface area contributed by atoms with E-state index in [4.69, 9.17) is 11.6 Å². The first-order chi connectivity index (χ1) is 8.78. The average molecular weight is 268 g/mol. The van der Waals surface area contributed by atoms with Gasteiger partial charge >= 0.3 is 0 Å². The number of rotatable bonds is 5. The van der Waals surface area contributed by atoms with Crippen molar-refractivity contribution in [3.63, 3.8) is 0 Å². The molecule has 0 bridgehead atoms. The van der Waals surface area contributed by atoms with Gasteiger partial charge in [0.2, 0.25) is 0 Å². The number of halogens is 1. The zero-order valence-electron chi connectivity index (χ0n) is 11.1. The van der Waals surface area contributed by atoms with Gasteiger partial charge in [-0.05, 0) is 19.3 Å². The molecule has 0 saturated heterocycles. The average Bonchev–Trinajstić information content (AvgIpc) is 2.41. The number of aryl methyl sites for hydroxylation is 1. The van der Waals surface area contributed by atoms with E-state index in [0.717, 1.165) is 37.2 Å². The van der Waals surface area contributed by atoms with Crippen LogP contribution in [0.25, 0.3) is 0 Å². The maximum atomic E-state index is 6.18. The fraction of sp³-hybridized carbons (Fsp3) is 0.714. The van der Waals surface area contributed by atoms with Gasteiger partial charge in [-0.1, -0.05) is 32.6 Å². The summed E-state index contributed by atoms with van der Waals surface area (Å²) in [4.78, 5) is 8.61. The number of nitrogens with one attached hydrogen (secondary N) is 1. The Labute approximate surface area is 114 Å². The number of aromatic nitrogens is 2. The van der Waals surface area contributed by atoms with Crippen molar-refractivity contribution in [3.8, 4) is 0 Å². The van der Waals surface area contributed by atoms with Gasteiger partial charge in [-0.3, -0.25) is 0 Å². The molecule has 0 atom stereocenters. The molecule has 1 aromatic rings. The fourth-order valence-electron chi connectivity index (χ4n) is 2.65. The second-order valence-corrected chi connectivity index (χ2v) is 5.51. The van der Waals surface area contributed by atoms with E-state index in [1.165, 1.54) is 19.3 Å². The van der Waals surface area contributed by atoms with Crippen molar-refractivity contribution in [2.45, 2.75) is 57.4 Å². The molecule has 0 amide bonds. The monoisotopic (exact) mass is 267 g/mol. The van der Waals surface area contributed by atoms with E-state index in [9.17, 15) is 0 Å². The van der Waals surface area contributed by atoms with Crippen molar-refractivity contribution in [1.82, 2.24) is 9.97 Å². The van der Waals surface area contributed by atoms with Crippen molar-refractivity contribution >= 4 is 17.4 Å². The van der Waals surface area contributed by atoms with Crippen LogP contribution in [-0.2, 0) is 6.42 Å². The second-order valence-electron chi connectivity index (χ2n) is 5.24. The zero-order valence-corrected chi connectivity index (χ0v) is 11.8. The Morgan fingerprint density at radius 1 is 1.28 bits per heavy atom. The van der Waals surface area contributed by atoms with Crippen LogP contribution in [0.4, 0.5) is 5.82 Å². The van der Waals surface area contributed by atoms with Gasteiger partial charge in [0.25, 0.3) is 0 Å². The van der Waals surface area contributed by atoms with Crippen molar-refractivity contribution in [2.24, 2.45) is 0 Å². The van der Waals surface area contributed by atoms with Gasteiger partial charge in [-0.2, -0.15) is 0 Å². The zero-order chi connectivity index (χ0) is 12.8. The fourth-order valence-corrected chi connectivity index (χ4v) is 2.99. The molecule has 1 saturated carbocycles. The van der Waals surface area contributed by atoms with Crippen LogP contribution in [0.2, 0.25) is 0 Å². The molecule has 2 rings (SSSR count). The molecule has 1 heterocycles. The number of alkyl halides is 1. The molecule has 0 unspecified atom stereocenters. The van der Waals surface area contributed by atoms with E-state index in [-0.39, 0.29) is 5.54 Å². The highest BCUT2D eigenvalue weighted by atomic mass is 35.5. The molecule has 1 aliphatic carbocycles. The molecule has 18 heavy (non-hydrogen) atoms. The van der Waals surface area contributed by atoms with E-state index < -0.39 is 0 Å². The summed E-state index contributed by atoms with van der Waals surface area (Å²) >= 11 is 6.18. The van der Waals surface area contributed by atoms with Crippen LogP contribution in [0.3, 0.4) is 0 Å². The molecule has 0 radical (unpaired) electrons. The highest BCUT2D eigenvalue weighted by Gasteiger charge is 2.31. The lowest BCUT2D eigenvalue weighted by Crippen LogP contribution is -2.42. The summed E-state index contributed by atoms with van der Waals surface area (Å²) in [6.45, 7) is 2.16. The first-order valence-corrected chi connectivity index (χ1v) is 7.46. The van der Waals surface area contributed by atoms with Gasteiger partial charge in [0, 0.05) is 17.6 Å². The standard InChI is InChI=1S/C14H22ClN3/c1-2-6-12-9-13(17-11-16-12)18-14(10-15)7-4-3-5-8-14/h9,11H,2-8,10H2,1H3,(H,16,17,18). The predicted molar refractivity (Wildman–Crippen MR) is 76.2 cm³/mol.